The molecule has 1 aromatic rings. The molecule has 1 aromatic carbocycles. The Bertz CT molecular complexity index is 510. The van der Waals surface area contributed by atoms with E-state index in [2.05, 4.69) is 11.4 Å². The van der Waals surface area contributed by atoms with Crippen molar-refractivity contribution in [3.8, 4) is 6.07 Å². The van der Waals surface area contributed by atoms with Crippen molar-refractivity contribution < 1.29 is 4.79 Å². The van der Waals surface area contributed by atoms with Crippen molar-refractivity contribution in [2.24, 2.45) is 5.92 Å². The number of hydrogen-bond acceptors (Lipinski definition) is 3. The zero-order valence-corrected chi connectivity index (χ0v) is 13.7. The van der Waals surface area contributed by atoms with E-state index in [0.717, 1.165) is 4.90 Å². The average Bonchev–Trinajstić information content (AvgIpc) is 2.40. The summed E-state index contributed by atoms with van der Waals surface area (Å²) in [6.45, 7) is 7.41. The largest absolute Gasteiger partial charge is 0.337 e. The van der Waals surface area contributed by atoms with Gasteiger partial charge in [0.25, 0.3) is 0 Å². The SMILES string of the molecule is CC(Sc1ccc(Cl)cc1)C(=O)NC(C)(C#N)C(C)C. The molecule has 0 aliphatic heterocycles. The highest BCUT2D eigenvalue weighted by atomic mass is 35.5. The molecule has 0 fully saturated rings. The molecule has 0 saturated carbocycles. The van der Waals surface area contributed by atoms with Gasteiger partial charge < -0.3 is 5.32 Å². The van der Waals surface area contributed by atoms with E-state index in [9.17, 15) is 10.1 Å². The van der Waals surface area contributed by atoms with Gasteiger partial charge in [0.1, 0.15) is 5.54 Å². The van der Waals surface area contributed by atoms with Gasteiger partial charge in [0.05, 0.1) is 11.3 Å². The number of nitrogens with one attached hydrogen (secondary N) is 1. The molecule has 0 saturated heterocycles. The van der Waals surface area contributed by atoms with Gasteiger partial charge in [-0.2, -0.15) is 5.26 Å². The van der Waals surface area contributed by atoms with Crippen LogP contribution in [0.1, 0.15) is 27.7 Å². The van der Waals surface area contributed by atoms with Gasteiger partial charge in [-0.05, 0) is 44.0 Å². The predicted molar refractivity (Wildman–Crippen MR) is 83.8 cm³/mol. The fraction of sp³-hybridized carbons (Fsp3) is 0.467. The molecule has 1 N–H and O–H groups in total. The summed E-state index contributed by atoms with van der Waals surface area (Å²) in [4.78, 5) is 13.2. The van der Waals surface area contributed by atoms with E-state index in [0.29, 0.717) is 5.02 Å². The Labute approximate surface area is 129 Å². The maximum absolute atomic E-state index is 12.2. The van der Waals surface area contributed by atoms with E-state index >= 15 is 0 Å². The smallest absolute Gasteiger partial charge is 0.234 e. The number of benzene rings is 1. The fourth-order valence-electron chi connectivity index (χ4n) is 1.43. The van der Waals surface area contributed by atoms with Crippen molar-refractivity contribution in [3.05, 3.63) is 29.3 Å². The first-order valence-corrected chi connectivity index (χ1v) is 7.69. The van der Waals surface area contributed by atoms with Gasteiger partial charge in [0.2, 0.25) is 5.91 Å². The highest BCUT2D eigenvalue weighted by molar-refractivity contribution is 8.00. The van der Waals surface area contributed by atoms with Gasteiger partial charge in [-0.3, -0.25) is 4.79 Å². The molecule has 3 nitrogen and oxygen atoms in total. The van der Waals surface area contributed by atoms with Gasteiger partial charge in [-0.25, -0.2) is 0 Å². The molecule has 0 spiro atoms. The quantitative estimate of drug-likeness (QED) is 0.840. The molecule has 0 aliphatic rings. The summed E-state index contributed by atoms with van der Waals surface area (Å²) in [5.41, 5.74) is -0.841. The van der Waals surface area contributed by atoms with Crippen LogP contribution in [0.3, 0.4) is 0 Å². The number of hydrogen-bond donors (Lipinski definition) is 1. The summed E-state index contributed by atoms with van der Waals surface area (Å²) >= 11 is 7.27. The van der Waals surface area contributed by atoms with Crippen molar-refractivity contribution in [2.75, 3.05) is 0 Å². The normalized spacial score (nSPS) is 15.2. The number of nitrogens with zero attached hydrogens (tertiary/aromatic N) is 1. The van der Waals surface area contributed by atoms with Crippen LogP contribution in [0.5, 0.6) is 0 Å². The van der Waals surface area contributed by atoms with Crippen LogP contribution >= 0.6 is 23.4 Å². The molecule has 5 heteroatoms. The first-order valence-electron chi connectivity index (χ1n) is 6.44. The second kappa shape index (κ2) is 7.01. The third kappa shape index (κ3) is 4.43. The summed E-state index contributed by atoms with van der Waals surface area (Å²) < 4.78 is 0. The number of amides is 1. The van der Waals surface area contributed by atoms with Crippen LogP contribution in [0.25, 0.3) is 0 Å². The third-order valence-electron chi connectivity index (χ3n) is 3.27. The molecule has 0 aliphatic carbocycles. The molecule has 0 radical (unpaired) electrons. The summed E-state index contributed by atoms with van der Waals surface area (Å²) in [5, 5.41) is 12.4. The highest BCUT2D eigenvalue weighted by Gasteiger charge is 2.31. The van der Waals surface area contributed by atoms with Crippen LogP contribution in [0, 0.1) is 17.2 Å². The van der Waals surface area contributed by atoms with Gasteiger partial charge in [0, 0.05) is 9.92 Å². The Morgan fingerprint density at radius 1 is 1.35 bits per heavy atom. The van der Waals surface area contributed by atoms with Gasteiger partial charge in [-0.15, -0.1) is 11.8 Å². The Balaban J connectivity index is 2.68. The topological polar surface area (TPSA) is 52.9 Å². The van der Waals surface area contributed by atoms with E-state index in [-0.39, 0.29) is 17.1 Å². The molecular formula is C15H19ClN2OS. The van der Waals surface area contributed by atoms with E-state index in [4.69, 9.17) is 11.6 Å². The number of nitriles is 1. The Morgan fingerprint density at radius 3 is 2.35 bits per heavy atom. The number of rotatable bonds is 5. The molecule has 1 rings (SSSR count). The first-order chi connectivity index (χ1) is 9.28. The fourth-order valence-corrected chi connectivity index (χ4v) is 2.42. The Hall–Kier alpha value is -1.18. The van der Waals surface area contributed by atoms with Gasteiger partial charge >= 0.3 is 0 Å². The Morgan fingerprint density at radius 2 is 1.90 bits per heavy atom. The lowest BCUT2D eigenvalue weighted by Crippen LogP contribution is -2.51. The molecule has 1 amide bonds. The molecular weight excluding hydrogens is 292 g/mol. The van der Waals surface area contributed by atoms with Gasteiger partial charge in [0.15, 0.2) is 0 Å². The molecule has 2 unspecified atom stereocenters. The number of thioether (sulfide) groups is 1. The number of carbonyl (C=O) groups excluding carboxylic acids is 1. The van der Waals surface area contributed by atoms with Crippen molar-refractivity contribution in [2.45, 2.75) is 43.4 Å². The second-order valence-corrected chi connectivity index (χ2v) is 7.02. The zero-order valence-electron chi connectivity index (χ0n) is 12.1. The minimum absolute atomic E-state index is 0.0455. The molecule has 2 atom stereocenters. The minimum Gasteiger partial charge on any atom is -0.337 e. The lowest BCUT2D eigenvalue weighted by molar-refractivity contribution is -0.121. The average molecular weight is 311 g/mol. The van der Waals surface area contributed by atoms with Crippen LogP contribution in [-0.4, -0.2) is 16.7 Å². The van der Waals surface area contributed by atoms with Crippen LogP contribution < -0.4 is 5.32 Å². The summed E-state index contributed by atoms with van der Waals surface area (Å²) in [6, 6.07) is 9.52. The zero-order chi connectivity index (χ0) is 15.3. The summed E-state index contributed by atoms with van der Waals surface area (Å²) in [6.07, 6.45) is 0. The lowest BCUT2D eigenvalue weighted by atomic mass is 9.90. The van der Waals surface area contributed by atoms with Crippen LogP contribution in [0.4, 0.5) is 0 Å². The van der Waals surface area contributed by atoms with E-state index in [1.54, 1.807) is 19.1 Å². The minimum atomic E-state index is -0.841. The molecule has 20 heavy (non-hydrogen) atoms. The van der Waals surface area contributed by atoms with Crippen molar-refractivity contribution >= 4 is 29.3 Å². The number of halogens is 1. The standard InChI is InChI=1S/C15H19ClN2OS/c1-10(2)15(4,9-17)18-14(19)11(3)20-13-7-5-12(16)6-8-13/h5-8,10-11H,1-4H3,(H,18,19). The monoisotopic (exact) mass is 310 g/mol. The molecule has 0 heterocycles. The maximum Gasteiger partial charge on any atom is 0.234 e. The first kappa shape index (κ1) is 16.9. The molecule has 0 bridgehead atoms. The van der Waals surface area contributed by atoms with Crippen LogP contribution in [-0.2, 0) is 4.79 Å². The third-order valence-corrected chi connectivity index (χ3v) is 4.63. The van der Waals surface area contributed by atoms with E-state index in [1.807, 2.05) is 32.9 Å². The van der Waals surface area contributed by atoms with Gasteiger partial charge in [-0.1, -0.05) is 25.4 Å². The van der Waals surface area contributed by atoms with E-state index in [1.165, 1.54) is 11.8 Å². The lowest BCUT2D eigenvalue weighted by Gasteiger charge is -2.28. The Kier molecular flexibility index (Phi) is 5.91. The maximum atomic E-state index is 12.2. The van der Waals surface area contributed by atoms with Crippen LogP contribution in [0.2, 0.25) is 5.02 Å². The predicted octanol–water partition coefficient (Wildman–Crippen LogP) is 3.88. The van der Waals surface area contributed by atoms with Crippen LogP contribution in [0.15, 0.2) is 29.2 Å². The number of carbonyl (C=O) groups is 1. The second-order valence-electron chi connectivity index (χ2n) is 5.17. The van der Waals surface area contributed by atoms with Crippen molar-refractivity contribution in [3.63, 3.8) is 0 Å². The van der Waals surface area contributed by atoms with Crippen molar-refractivity contribution in [1.82, 2.24) is 5.32 Å². The van der Waals surface area contributed by atoms with Crippen molar-refractivity contribution in [1.29, 1.82) is 5.26 Å². The molecule has 108 valence electrons. The molecule has 0 aromatic heterocycles. The van der Waals surface area contributed by atoms with E-state index < -0.39 is 5.54 Å². The highest BCUT2D eigenvalue weighted by Crippen LogP contribution is 2.25. The summed E-state index contributed by atoms with van der Waals surface area (Å²) in [7, 11) is 0. The summed E-state index contributed by atoms with van der Waals surface area (Å²) in [5.74, 6) is -0.0909.